The molecule has 0 aliphatic rings. The maximum atomic E-state index is 12.0. The second-order valence-corrected chi connectivity index (χ2v) is 5.09. The summed E-state index contributed by atoms with van der Waals surface area (Å²) >= 11 is 1.10. The Morgan fingerprint density at radius 3 is 2.95 bits per heavy atom. The third-order valence-corrected chi connectivity index (χ3v) is 3.73. The molecule has 2 heterocycles. The number of hydrogen-bond acceptors (Lipinski definition) is 4. The van der Waals surface area contributed by atoms with Crippen molar-refractivity contribution < 1.29 is 9.53 Å². The molecule has 19 heavy (non-hydrogen) atoms. The summed E-state index contributed by atoms with van der Waals surface area (Å²) in [4.78, 5) is 27.5. The molecule has 1 aromatic carbocycles. The fourth-order valence-corrected chi connectivity index (χ4v) is 3.01. The highest BCUT2D eigenvalue weighted by Gasteiger charge is 2.17. The van der Waals surface area contributed by atoms with Crippen LogP contribution >= 0.6 is 11.3 Å². The fourth-order valence-electron chi connectivity index (χ4n) is 2.15. The first kappa shape index (κ1) is 11.9. The Morgan fingerprint density at radius 1 is 1.37 bits per heavy atom. The highest BCUT2D eigenvalue weighted by atomic mass is 32.1. The van der Waals surface area contributed by atoms with Gasteiger partial charge in [-0.3, -0.25) is 4.79 Å². The second-order valence-electron chi connectivity index (χ2n) is 4.07. The van der Waals surface area contributed by atoms with Gasteiger partial charge in [-0.25, -0.2) is 4.79 Å². The molecule has 0 bridgehead atoms. The van der Waals surface area contributed by atoms with Crippen LogP contribution in [0, 0.1) is 0 Å². The molecule has 0 aliphatic heterocycles. The molecule has 0 radical (unpaired) electrons. The Labute approximate surface area is 112 Å². The van der Waals surface area contributed by atoms with E-state index in [1.165, 1.54) is 6.07 Å². The summed E-state index contributed by atoms with van der Waals surface area (Å²) in [6.45, 7) is 2.03. The molecule has 96 valence electrons. The number of hydrogen-bond donors (Lipinski definition) is 1. The van der Waals surface area contributed by atoms with E-state index < -0.39 is 5.97 Å². The molecular formula is C14H11NO3S. The summed E-state index contributed by atoms with van der Waals surface area (Å²) < 4.78 is 4.86. The highest BCUT2D eigenvalue weighted by Crippen LogP contribution is 2.29. The van der Waals surface area contributed by atoms with Gasteiger partial charge >= 0.3 is 5.97 Å². The number of ether oxygens (including phenoxy) is 1. The number of aromatic amines is 1. The number of aromatic nitrogens is 1. The minimum absolute atomic E-state index is 0.165. The lowest BCUT2D eigenvalue weighted by Crippen LogP contribution is -2.08. The van der Waals surface area contributed by atoms with Crippen molar-refractivity contribution in [2.45, 2.75) is 6.92 Å². The molecule has 0 saturated heterocycles. The number of carbonyl (C=O) groups is 1. The molecule has 0 fully saturated rings. The van der Waals surface area contributed by atoms with Crippen molar-refractivity contribution in [3.8, 4) is 0 Å². The monoisotopic (exact) mass is 273 g/mol. The van der Waals surface area contributed by atoms with Crippen molar-refractivity contribution >= 4 is 38.4 Å². The van der Waals surface area contributed by atoms with Crippen LogP contribution in [0.25, 0.3) is 21.1 Å². The maximum absolute atomic E-state index is 12.0. The standard InChI is InChI=1S/C14H11NO3S/c1-2-18-14(17)9-7-11(16)19-13-12(9)8-5-3-4-6-10(8)15-13/h3-7,15H,2H2,1H3. The average molecular weight is 273 g/mol. The zero-order valence-corrected chi connectivity index (χ0v) is 11.0. The number of rotatable bonds is 2. The van der Waals surface area contributed by atoms with Gasteiger partial charge < -0.3 is 9.72 Å². The molecule has 0 atom stereocenters. The smallest absolute Gasteiger partial charge is 0.339 e. The van der Waals surface area contributed by atoms with E-state index in [1.54, 1.807) is 6.92 Å². The van der Waals surface area contributed by atoms with E-state index >= 15 is 0 Å². The predicted molar refractivity (Wildman–Crippen MR) is 75.9 cm³/mol. The van der Waals surface area contributed by atoms with Crippen LogP contribution in [-0.4, -0.2) is 17.6 Å². The van der Waals surface area contributed by atoms with Gasteiger partial charge in [-0.2, -0.15) is 0 Å². The predicted octanol–water partition coefficient (Wildman–Crippen LogP) is 2.92. The number of benzene rings is 1. The molecule has 3 aromatic rings. The molecule has 1 N–H and O–H groups in total. The number of esters is 1. The van der Waals surface area contributed by atoms with Crippen LogP contribution < -0.4 is 4.74 Å². The van der Waals surface area contributed by atoms with Crippen LogP contribution in [0.5, 0.6) is 0 Å². The van der Waals surface area contributed by atoms with Gasteiger partial charge in [-0.15, -0.1) is 0 Å². The van der Waals surface area contributed by atoms with E-state index in [1.807, 2.05) is 24.3 Å². The van der Waals surface area contributed by atoms with Crippen molar-refractivity contribution in [2.24, 2.45) is 0 Å². The zero-order valence-electron chi connectivity index (χ0n) is 10.2. The van der Waals surface area contributed by atoms with Gasteiger partial charge in [0.15, 0.2) is 0 Å². The van der Waals surface area contributed by atoms with Gasteiger partial charge in [-0.05, 0) is 13.0 Å². The molecule has 0 aliphatic carbocycles. The van der Waals surface area contributed by atoms with Crippen molar-refractivity contribution in [1.29, 1.82) is 0 Å². The van der Waals surface area contributed by atoms with Crippen molar-refractivity contribution in [2.75, 3.05) is 6.61 Å². The molecule has 3 rings (SSSR count). The van der Waals surface area contributed by atoms with Crippen LogP contribution in [0.1, 0.15) is 17.3 Å². The third-order valence-electron chi connectivity index (χ3n) is 2.90. The van der Waals surface area contributed by atoms with E-state index in [-0.39, 0.29) is 11.3 Å². The topological polar surface area (TPSA) is 59.2 Å². The first-order valence-electron chi connectivity index (χ1n) is 5.92. The van der Waals surface area contributed by atoms with Gasteiger partial charge in [0, 0.05) is 22.4 Å². The van der Waals surface area contributed by atoms with Crippen LogP contribution in [0.15, 0.2) is 35.1 Å². The van der Waals surface area contributed by atoms with Gasteiger partial charge in [0.05, 0.1) is 12.2 Å². The number of fused-ring (bicyclic) bond motifs is 3. The van der Waals surface area contributed by atoms with E-state index in [9.17, 15) is 9.59 Å². The van der Waals surface area contributed by atoms with E-state index in [0.717, 1.165) is 27.6 Å². The summed E-state index contributed by atoms with van der Waals surface area (Å²) in [5.74, 6) is -0.456. The lowest BCUT2D eigenvalue weighted by molar-refractivity contribution is 0.0529. The molecule has 0 spiro atoms. The van der Waals surface area contributed by atoms with Crippen LogP contribution in [-0.2, 0) is 4.74 Å². The van der Waals surface area contributed by atoms with Crippen LogP contribution in [0.3, 0.4) is 0 Å². The lowest BCUT2D eigenvalue weighted by atomic mass is 10.1. The molecule has 4 nitrogen and oxygen atoms in total. The number of para-hydroxylation sites is 1. The molecular weight excluding hydrogens is 262 g/mol. The molecule has 5 heteroatoms. The number of nitrogens with one attached hydrogen (secondary N) is 1. The van der Waals surface area contributed by atoms with Gasteiger partial charge in [-0.1, -0.05) is 29.5 Å². The summed E-state index contributed by atoms with van der Waals surface area (Å²) in [5.41, 5.74) is 1.24. The first-order chi connectivity index (χ1) is 9.20. The normalized spacial score (nSPS) is 11.0. The third kappa shape index (κ3) is 1.92. The van der Waals surface area contributed by atoms with Gasteiger partial charge in [0.1, 0.15) is 4.83 Å². The molecule has 0 amide bonds. The van der Waals surface area contributed by atoms with Crippen molar-refractivity contribution in [3.63, 3.8) is 0 Å². The quantitative estimate of drug-likeness (QED) is 0.730. The maximum Gasteiger partial charge on any atom is 0.339 e. The average Bonchev–Trinajstić information content (AvgIpc) is 2.75. The van der Waals surface area contributed by atoms with E-state index in [4.69, 9.17) is 4.74 Å². The van der Waals surface area contributed by atoms with E-state index in [2.05, 4.69) is 4.98 Å². The Kier molecular flexibility index (Phi) is 2.83. The van der Waals surface area contributed by atoms with Gasteiger partial charge in [0.25, 0.3) is 0 Å². The second kappa shape index (κ2) is 4.51. The summed E-state index contributed by atoms with van der Waals surface area (Å²) in [7, 11) is 0. The Balaban J connectivity index is 2.42. The number of H-pyrrole nitrogens is 1. The van der Waals surface area contributed by atoms with Crippen molar-refractivity contribution in [3.05, 3.63) is 45.4 Å². The molecule has 0 unspecified atom stereocenters. The fraction of sp³-hybridized carbons (Fsp3) is 0.143. The van der Waals surface area contributed by atoms with Gasteiger partial charge in [0.2, 0.25) is 4.74 Å². The Bertz CT molecular complexity index is 831. The SMILES string of the molecule is CCOC(=O)c1cc(=O)sc2[nH]c3ccccc3c12. The van der Waals surface area contributed by atoms with Crippen LogP contribution in [0.4, 0.5) is 0 Å². The minimum atomic E-state index is -0.456. The first-order valence-corrected chi connectivity index (χ1v) is 6.74. The Morgan fingerprint density at radius 2 is 2.16 bits per heavy atom. The zero-order chi connectivity index (χ0) is 13.4. The Hall–Kier alpha value is -2.14. The number of carbonyl (C=O) groups excluding carboxylic acids is 1. The summed E-state index contributed by atoms with van der Waals surface area (Å²) in [5, 5.41) is 1.69. The summed E-state index contributed by atoms with van der Waals surface area (Å²) in [6, 6.07) is 9.01. The van der Waals surface area contributed by atoms with Crippen LogP contribution in [0.2, 0.25) is 0 Å². The minimum Gasteiger partial charge on any atom is -0.462 e. The largest absolute Gasteiger partial charge is 0.462 e. The summed E-state index contributed by atoms with van der Waals surface area (Å²) in [6.07, 6.45) is 0. The molecule has 0 saturated carbocycles. The lowest BCUT2D eigenvalue weighted by Gasteiger charge is -2.02. The highest BCUT2D eigenvalue weighted by molar-refractivity contribution is 7.16. The van der Waals surface area contributed by atoms with E-state index in [0.29, 0.717) is 10.4 Å². The molecule has 2 aromatic heterocycles. The van der Waals surface area contributed by atoms with Crippen molar-refractivity contribution in [1.82, 2.24) is 4.98 Å².